The lowest BCUT2D eigenvalue weighted by Gasteiger charge is -2.25. The number of benzene rings is 2. The average Bonchev–Trinajstić information content (AvgIpc) is 3.15. The molecule has 0 saturated carbocycles. The van der Waals surface area contributed by atoms with E-state index >= 15 is 0 Å². The van der Waals surface area contributed by atoms with Crippen LogP contribution in [0.3, 0.4) is 0 Å². The summed E-state index contributed by atoms with van der Waals surface area (Å²) in [7, 11) is -9.09. The lowest BCUT2D eigenvalue weighted by molar-refractivity contribution is -0.141. The molecule has 1 N–H and O–H groups in total. The zero-order valence-electron chi connectivity index (χ0n) is 21.7. The van der Waals surface area contributed by atoms with E-state index in [-0.39, 0.29) is 33.1 Å². The van der Waals surface area contributed by atoms with Crippen LogP contribution in [-0.4, -0.2) is 51.6 Å². The monoisotopic (exact) mass is 663 g/mol. The number of ether oxygens (including phenoxy) is 2. The highest BCUT2D eigenvalue weighted by Gasteiger charge is 2.34. The van der Waals surface area contributed by atoms with Crippen molar-refractivity contribution in [2.24, 2.45) is 0 Å². The second-order valence-electron chi connectivity index (χ2n) is 9.33. The molecule has 0 atom stereocenters. The third kappa shape index (κ3) is 7.04. The summed E-state index contributed by atoms with van der Waals surface area (Å²) in [4.78, 5) is 24.8. The number of amides is 1. The van der Waals surface area contributed by atoms with Crippen molar-refractivity contribution in [3.05, 3.63) is 57.7 Å². The molecule has 0 aliphatic carbocycles. The van der Waals surface area contributed by atoms with E-state index in [1.165, 1.54) is 31.2 Å². The Morgan fingerprint density at radius 3 is 2.28 bits per heavy atom. The first-order valence-electron chi connectivity index (χ1n) is 11.5. The van der Waals surface area contributed by atoms with Crippen molar-refractivity contribution in [1.29, 1.82) is 0 Å². The first kappa shape index (κ1) is 30.7. The Morgan fingerprint density at radius 2 is 1.72 bits per heavy atom. The SMILES string of the molecule is CCOC(=O)CN(c1cn(S(=O)(=O)c2ccc(C)cc2)c2cc(Cl)c(Br)cc12)S(=O)(=O)NC(=O)OC(C)(C)C. The smallest absolute Gasteiger partial charge is 0.422 e. The molecular weight excluding hydrogens is 638 g/mol. The molecule has 2 aromatic carbocycles. The number of halogens is 2. The predicted octanol–water partition coefficient (Wildman–Crippen LogP) is 4.74. The number of aryl methyl sites for hydroxylation is 1. The van der Waals surface area contributed by atoms with Crippen molar-refractivity contribution in [2.75, 3.05) is 17.5 Å². The van der Waals surface area contributed by atoms with Gasteiger partial charge in [0, 0.05) is 16.1 Å². The van der Waals surface area contributed by atoms with E-state index in [2.05, 4.69) is 15.9 Å². The van der Waals surface area contributed by atoms with Gasteiger partial charge in [-0.25, -0.2) is 26.2 Å². The number of rotatable bonds is 8. The molecule has 0 spiro atoms. The fourth-order valence-corrected chi connectivity index (χ4v) is 6.38. The van der Waals surface area contributed by atoms with Crippen LogP contribution >= 0.6 is 27.5 Å². The predicted molar refractivity (Wildman–Crippen MR) is 151 cm³/mol. The Labute approximate surface area is 240 Å². The van der Waals surface area contributed by atoms with Crippen LogP contribution in [0.4, 0.5) is 10.5 Å². The van der Waals surface area contributed by atoms with E-state index in [0.29, 0.717) is 8.78 Å². The number of hydrogen-bond acceptors (Lipinski definition) is 8. The van der Waals surface area contributed by atoms with Crippen LogP contribution in [0.1, 0.15) is 33.3 Å². The zero-order chi connectivity index (χ0) is 29.3. The molecule has 3 rings (SSSR count). The van der Waals surface area contributed by atoms with Crippen LogP contribution in [-0.2, 0) is 34.5 Å². The molecular formula is C24H27BrClN3O8S2. The molecule has 0 aliphatic heterocycles. The number of aromatic nitrogens is 1. The van der Waals surface area contributed by atoms with Gasteiger partial charge < -0.3 is 9.47 Å². The minimum Gasteiger partial charge on any atom is -0.465 e. The van der Waals surface area contributed by atoms with Crippen molar-refractivity contribution in [1.82, 2.24) is 8.69 Å². The number of nitrogens with one attached hydrogen (secondary N) is 1. The van der Waals surface area contributed by atoms with Crippen LogP contribution in [0, 0.1) is 6.92 Å². The number of anilines is 1. The lowest BCUT2D eigenvalue weighted by atomic mass is 10.2. The van der Waals surface area contributed by atoms with Crippen LogP contribution in [0.2, 0.25) is 5.02 Å². The Kier molecular flexibility index (Phi) is 8.95. The maximum absolute atomic E-state index is 13.7. The second kappa shape index (κ2) is 11.4. The molecule has 1 heterocycles. The molecule has 39 heavy (non-hydrogen) atoms. The minimum atomic E-state index is -4.83. The van der Waals surface area contributed by atoms with Gasteiger partial charge in [-0.15, -0.1) is 0 Å². The van der Waals surface area contributed by atoms with Crippen LogP contribution < -0.4 is 9.03 Å². The Balaban J connectivity index is 2.28. The summed E-state index contributed by atoms with van der Waals surface area (Å²) in [5, 5.41) is 0.250. The van der Waals surface area contributed by atoms with Crippen molar-refractivity contribution in [3.8, 4) is 0 Å². The lowest BCUT2D eigenvalue weighted by Crippen LogP contribution is -2.47. The second-order valence-corrected chi connectivity index (χ2v) is 14.0. The van der Waals surface area contributed by atoms with Crippen LogP contribution in [0.5, 0.6) is 0 Å². The van der Waals surface area contributed by atoms with Gasteiger partial charge in [-0.05, 0) is 74.8 Å². The number of esters is 1. The van der Waals surface area contributed by atoms with Crippen LogP contribution in [0.25, 0.3) is 10.9 Å². The van der Waals surface area contributed by atoms with Crippen molar-refractivity contribution in [3.63, 3.8) is 0 Å². The summed E-state index contributed by atoms with van der Waals surface area (Å²) in [6, 6.07) is 8.81. The van der Waals surface area contributed by atoms with Gasteiger partial charge in [-0.1, -0.05) is 29.3 Å². The first-order valence-corrected chi connectivity index (χ1v) is 15.5. The summed E-state index contributed by atoms with van der Waals surface area (Å²) in [6.45, 7) is 7.04. The van der Waals surface area contributed by atoms with Crippen molar-refractivity contribution in [2.45, 2.75) is 45.1 Å². The van der Waals surface area contributed by atoms with Gasteiger partial charge in [0.15, 0.2) is 0 Å². The average molecular weight is 665 g/mol. The van der Waals surface area contributed by atoms with Crippen LogP contribution in [0.15, 0.2) is 52.0 Å². The van der Waals surface area contributed by atoms with Gasteiger partial charge in [-0.3, -0.25) is 4.79 Å². The van der Waals surface area contributed by atoms with Crippen molar-refractivity contribution >= 4 is 76.4 Å². The Hall–Kier alpha value is -2.81. The maximum Gasteiger partial charge on any atom is 0.422 e. The molecule has 0 aliphatic rings. The summed E-state index contributed by atoms with van der Waals surface area (Å²) in [5.41, 5.74) is -0.396. The summed E-state index contributed by atoms with van der Waals surface area (Å²) >= 11 is 9.55. The molecule has 1 amide bonds. The van der Waals surface area contributed by atoms with Gasteiger partial charge in [-0.2, -0.15) is 8.42 Å². The molecule has 0 saturated heterocycles. The number of carbonyl (C=O) groups excluding carboxylic acids is 2. The van der Waals surface area contributed by atoms with Crippen molar-refractivity contribution < 1.29 is 35.9 Å². The molecule has 11 nitrogen and oxygen atoms in total. The topological polar surface area (TPSA) is 141 Å². The molecule has 0 bridgehead atoms. The number of hydrogen-bond donors (Lipinski definition) is 1. The molecule has 0 unspecified atom stereocenters. The van der Waals surface area contributed by atoms with Gasteiger partial charge >= 0.3 is 22.3 Å². The fraction of sp³-hybridized carbons (Fsp3) is 0.333. The van der Waals surface area contributed by atoms with E-state index in [1.54, 1.807) is 44.5 Å². The highest BCUT2D eigenvalue weighted by molar-refractivity contribution is 9.10. The Bertz CT molecular complexity index is 1630. The molecule has 0 fully saturated rings. The molecule has 15 heteroatoms. The molecule has 3 aromatic rings. The van der Waals surface area contributed by atoms with Gasteiger partial charge in [0.1, 0.15) is 12.1 Å². The number of carbonyl (C=O) groups is 2. The minimum absolute atomic E-state index is 0.0279. The molecule has 0 radical (unpaired) electrons. The van der Waals surface area contributed by atoms with E-state index in [1.807, 2.05) is 0 Å². The fourth-order valence-electron chi connectivity index (χ4n) is 3.48. The Morgan fingerprint density at radius 1 is 1.10 bits per heavy atom. The normalized spacial score (nSPS) is 12.3. The third-order valence-electron chi connectivity index (χ3n) is 5.12. The quantitative estimate of drug-likeness (QED) is 0.341. The number of nitrogens with zero attached hydrogens (tertiary/aromatic N) is 2. The van der Waals surface area contributed by atoms with E-state index in [0.717, 1.165) is 15.7 Å². The first-order chi connectivity index (χ1) is 18.0. The van der Waals surface area contributed by atoms with Gasteiger partial charge in [0.2, 0.25) is 0 Å². The number of fused-ring (bicyclic) bond motifs is 1. The largest absolute Gasteiger partial charge is 0.465 e. The van der Waals surface area contributed by atoms with E-state index < -0.39 is 44.4 Å². The zero-order valence-corrected chi connectivity index (χ0v) is 25.7. The third-order valence-corrected chi connectivity index (χ3v) is 9.33. The molecule has 212 valence electrons. The summed E-state index contributed by atoms with van der Waals surface area (Å²) in [5.74, 6) is -0.942. The molecule has 1 aromatic heterocycles. The standard InChI is InChI=1S/C24H27BrClN3O8S2/c1-6-36-22(30)14-29(39(34,35)27-23(31)37-24(3,4)5)21-13-28(20-12-19(26)18(25)11-17(20)21)38(32,33)16-9-7-15(2)8-10-16/h7-13H,6,14H2,1-5H3,(H,27,31). The van der Waals surface area contributed by atoms with E-state index in [4.69, 9.17) is 21.1 Å². The summed E-state index contributed by atoms with van der Waals surface area (Å²) < 4.78 is 67.7. The van der Waals surface area contributed by atoms with Gasteiger partial charge in [0.05, 0.1) is 27.7 Å². The van der Waals surface area contributed by atoms with Gasteiger partial charge in [0.25, 0.3) is 10.0 Å². The van der Waals surface area contributed by atoms with E-state index in [9.17, 15) is 26.4 Å². The highest BCUT2D eigenvalue weighted by atomic mass is 79.9. The highest BCUT2D eigenvalue weighted by Crippen LogP contribution is 2.38. The summed E-state index contributed by atoms with van der Waals surface area (Å²) in [6.07, 6.45) is -0.257. The maximum atomic E-state index is 13.7.